The number of carbonyl (C=O) groups is 1. The summed E-state index contributed by atoms with van der Waals surface area (Å²) in [6, 6.07) is 4.76. The van der Waals surface area contributed by atoms with Crippen molar-refractivity contribution in [1.82, 2.24) is 9.62 Å². The first-order valence-corrected chi connectivity index (χ1v) is 10.5. The molecule has 25 heavy (non-hydrogen) atoms. The predicted octanol–water partition coefficient (Wildman–Crippen LogP) is 2.42. The third-order valence-electron chi connectivity index (χ3n) is 4.52. The molecule has 3 rings (SSSR count). The fourth-order valence-electron chi connectivity index (χ4n) is 2.99. The lowest BCUT2D eigenvalue weighted by Crippen LogP contribution is -2.45. The molecule has 1 heterocycles. The van der Waals surface area contributed by atoms with E-state index in [0.29, 0.717) is 31.7 Å². The van der Waals surface area contributed by atoms with E-state index in [1.54, 1.807) is 6.07 Å². The van der Waals surface area contributed by atoms with Gasteiger partial charge in [0.2, 0.25) is 15.9 Å². The van der Waals surface area contributed by atoms with Gasteiger partial charge in [0.15, 0.2) is 0 Å². The number of benzene rings is 1. The fraction of sp³-hybridized carbons (Fsp3) is 0.588. The topological polar surface area (TPSA) is 75.7 Å². The molecule has 1 aromatic rings. The van der Waals surface area contributed by atoms with E-state index in [4.69, 9.17) is 16.3 Å². The van der Waals surface area contributed by atoms with Crippen molar-refractivity contribution in [3.63, 3.8) is 0 Å². The number of ether oxygens (including phenoxy) is 1. The van der Waals surface area contributed by atoms with Crippen LogP contribution in [0.15, 0.2) is 23.1 Å². The summed E-state index contributed by atoms with van der Waals surface area (Å²) >= 11 is 6.12. The Hall–Kier alpha value is -1.31. The predicted molar refractivity (Wildman–Crippen MR) is 95.3 cm³/mol. The zero-order valence-electron chi connectivity index (χ0n) is 14.2. The molecule has 1 aliphatic carbocycles. The SMILES string of the molecule is CCOc1ccc(S(=O)(=O)N2CCC[C@H](C(=O)NC3CC3)C2)cc1Cl. The number of hydrogen-bond donors (Lipinski definition) is 1. The van der Waals surface area contributed by atoms with Gasteiger partial charge in [-0.3, -0.25) is 4.79 Å². The summed E-state index contributed by atoms with van der Waals surface area (Å²) in [6.07, 6.45) is 3.43. The van der Waals surface area contributed by atoms with Crippen molar-refractivity contribution in [2.24, 2.45) is 5.92 Å². The van der Waals surface area contributed by atoms with Gasteiger partial charge in [-0.1, -0.05) is 11.6 Å². The minimum Gasteiger partial charge on any atom is -0.492 e. The highest BCUT2D eigenvalue weighted by atomic mass is 35.5. The Balaban J connectivity index is 1.74. The van der Waals surface area contributed by atoms with Crippen molar-refractivity contribution in [3.8, 4) is 5.75 Å². The van der Waals surface area contributed by atoms with Gasteiger partial charge in [-0.15, -0.1) is 0 Å². The van der Waals surface area contributed by atoms with Crippen LogP contribution >= 0.6 is 11.6 Å². The molecule has 1 N–H and O–H groups in total. The fourth-order valence-corrected chi connectivity index (χ4v) is 4.84. The molecule has 1 aromatic carbocycles. The van der Waals surface area contributed by atoms with Crippen molar-refractivity contribution in [2.75, 3.05) is 19.7 Å². The molecule has 0 radical (unpaired) electrons. The maximum atomic E-state index is 12.9. The number of amides is 1. The lowest BCUT2D eigenvalue weighted by atomic mass is 9.99. The average molecular weight is 387 g/mol. The molecule has 2 fully saturated rings. The highest BCUT2D eigenvalue weighted by molar-refractivity contribution is 7.89. The van der Waals surface area contributed by atoms with E-state index >= 15 is 0 Å². The zero-order chi connectivity index (χ0) is 18.0. The summed E-state index contributed by atoms with van der Waals surface area (Å²) in [7, 11) is -3.68. The number of sulfonamides is 1. The summed E-state index contributed by atoms with van der Waals surface area (Å²) in [6.45, 7) is 2.92. The first-order valence-electron chi connectivity index (χ1n) is 8.64. The second-order valence-electron chi connectivity index (χ2n) is 6.51. The van der Waals surface area contributed by atoms with Crippen LogP contribution in [0.4, 0.5) is 0 Å². The van der Waals surface area contributed by atoms with Gasteiger partial charge in [0.05, 0.1) is 22.4 Å². The van der Waals surface area contributed by atoms with Gasteiger partial charge >= 0.3 is 0 Å². The van der Waals surface area contributed by atoms with E-state index in [1.807, 2.05) is 6.92 Å². The van der Waals surface area contributed by atoms with Crippen LogP contribution in [0.3, 0.4) is 0 Å². The quantitative estimate of drug-likeness (QED) is 0.814. The number of rotatable bonds is 6. The monoisotopic (exact) mass is 386 g/mol. The van der Waals surface area contributed by atoms with E-state index in [0.717, 1.165) is 12.8 Å². The van der Waals surface area contributed by atoms with Crippen molar-refractivity contribution in [2.45, 2.75) is 43.5 Å². The van der Waals surface area contributed by atoms with Crippen LogP contribution in [-0.4, -0.2) is 44.4 Å². The second kappa shape index (κ2) is 7.51. The molecule has 0 spiro atoms. The highest BCUT2D eigenvalue weighted by Crippen LogP contribution is 2.30. The first-order chi connectivity index (χ1) is 11.9. The molecule has 1 saturated heterocycles. The molecule has 1 saturated carbocycles. The summed E-state index contributed by atoms with van der Waals surface area (Å²) in [5.74, 6) is 0.137. The van der Waals surface area contributed by atoms with Gasteiger partial charge in [-0.05, 0) is 50.8 Å². The van der Waals surface area contributed by atoms with Crippen LogP contribution in [-0.2, 0) is 14.8 Å². The Bertz CT molecular complexity index is 749. The van der Waals surface area contributed by atoms with Crippen LogP contribution in [0.5, 0.6) is 5.75 Å². The Kier molecular flexibility index (Phi) is 5.55. The number of hydrogen-bond acceptors (Lipinski definition) is 4. The molecule has 0 aromatic heterocycles. The lowest BCUT2D eigenvalue weighted by Gasteiger charge is -2.31. The number of carbonyl (C=O) groups excluding carboxylic acids is 1. The lowest BCUT2D eigenvalue weighted by molar-refractivity contribution is -0.126. The summed E-state index contributed by atoms with van der Waals surface area (Å²) in [5.41, 5.74) is 0. The molecule has 1 atom stereocenters. The van der Waals surface area contributed by atoms with Gasteiger partial charge in [-0.25, -0.2) is 8.42 Å². The molecule has 6 nitrogen and oxygen atoms in total. The van der Waals surface area contributed by atoms with Gasteiger partial charge in [-0.2, -0.15) is 4.31 Å². The summed E-state index contributed by atoms with van der Waals surface area (Å²) < 4.78 is 32.5. The number of nitrogens with zero attached hydrogens (tertiary/aromatic N) is 1. The molecular formula is C17H23ClN2O4S. The van der Waals surface area contributed by atoms with E-state index in [2.05, 4.69) is 5.32 Å². The smallest absolute Gasteiger partial charge is 0.243 e. The molecule has 0 bridgehead atoms. The van der Waals surface area contributed by atoms with E-state index in [1.165, 1.54) is 16.4 Å². The van der Waals surface area contributed by atoms with Gasteiger partial charge < -0.3 is 10.1 Å². The number of halogens is 1. The molecular weight excluding hydrogens is 364 g/mol. The van der Waals surface area contributed by atoms with Crippen LogP contribution in [0.25, 0.3) is 0 Å². The third kappa shape index (κ3) is 4.27. The molecule has 8 heteroatoms. The Morgan fingerprint density at radius 2 is 2.12 bits per heavy atom. The van der Waals surface area contributed by atoms with E-state index in [-0.39, 0.29) is 34.3 Å². The maximum absolute atomic E-state index is 12.9. The standard InChI is InChI=1S/C17H23ClN2O4S/c1-2-24-16-8-7-14(10-15(16)18)25(22,23)20-9-3-4-12(11-20)17(21)19-13-5-6-13/h7-8,10,12-13H,2-6,9,11H2,1H3,(H,19,21)/t12-/m0/s1. The minimum absolute atomic E-state index is 0.0351. The number of piperidine rings is 1. The van der Waals surface area contributed by atoms with Gasteiger partial charge in [0, 0.05) is 19.1 Å². The highest BCUT2D eigenvalue weighted by Gasteiger charge is 2.35. The van der Waals surface area contributed by atoms with Crippen molar-refractivity contribution >= 4 is 27.5 Å². The minimum atomic E-state index is -3.68. The van der Waals surface area contributed by atoms with Crippen molar-refractivity contribution in [1.29, 1.82) is 0 Å². The van der Waals surface area contributed by atoms with Crippen molar-refractivity contribution < 1.29 is 17.9 Å². The van der Waals surface area contributed by atoms with E-state index in [9.17, 15) is 13.2 Å². The molecule has 138 valence electrons. The molecule has 1 aliphatic heterocycles. The Labute approximate surface area is 153 Å². The van der Waals surface area contributed by atoms with Gasteiger partial charge in [0.25, 0.3) is 0 Å². The van der Waals surface area contributed by atoms with Crippen LogP contribution in [0.1, 0.15) is 32.6 Å². The summed E-state index contributed by atoms with van der Waals surface area (Å²) in [5, 5.41) is 3.23. The normalized spacial score (nSPS) is 21.8. The second-order valence-corrected chi connectivity index (χ2v) is 8.86. The average Bonchev–Trinajstić information content (AvgIpc) is 3.41. The maximum Gasteiger partial charge on any atom is 0.243 e. The van der Waals surface area contributed by atoms with Crippen molar-refractivity contribution in [3.05, 3.63) is 23.2 Å². The largest absolute Gasteiger partial charge is 0.492 e. The van der Waals surface area contributed by atoms with Crippen LogP contribution < -0.4 is 10.1 Å². The number of nitrogens with one attached hydrogen (secondary N) is 1. The van der Waals surface area contributed by atoms with Crippen LogP contribution in [0.2, 0.25) is 5.02 Å². The Morgan fingerprint density at radius 1 is 1.36 bits per heavy atom. The molecule has 2 aliphatic rings. The third-order valence-corrected chi connectivity index (χ3v) is 6.68. The molecule has 1 amide bonds. The Morgan fingerprint density at radius 3 is 2.76 bits per heavy atom. The summed E-state index contributed by atoms with van der Waals surface area (Å²) in [4.78, 5) is 12.4. The van der Waals surface area contributed by atoms with Crippen LogP contribution in [0, 0.1) is 5.92 Å². The zero-order valence-corrected chi connectivity index (χ0v) is 15.8. The first kappa shape index (κ1) is 18.5. The molecule has 0 unspecified atom stereocenters. The van der Waals surface area contributed by atoms with E-state index < -0.39 is 10.0 Å². The van der Waals surface area contributed by atoms with Gasteiger partial charge in [0.1, 0.15) is 5.75 Å².